The molecule has 0 fully saturated rings. The van der Waals surface area contributed by atoms with E-state index in [4.69, 9.17) is 28.9 Å². The summed E-state index contributed by atoms with van der Waals surface area (Å²) in [5.41, 5.74) is 8.03. The maximum Gasteiger partial charge on any atom is 0.143 e. The largest absolute Gasteiger partial charge is 0.397 e. The standard InChI is InChI=1S/C12H7Cl2N3S/c13-6-4-7(10(15)8(14)5-6)11-17-9-2-1-3-16-12(9)18-11/h1-5H,15H2. The third-order valence-electron chi connectivity index (χ3n) is 2.49. The fourth-order valence-electron chi connectivity index (χ4n) is 1.65. The molecule has 3 aromatic rings. The summed E-state index contributed by atoms with van der Waals surface area (Å²) in [6.45, 7) is 0. The van der Waals surface area contributed by atoms with Crippen LogP contribution in [-0.4, -0.2) is 9.97 Å². The lowest BCUT2D eigenvalue weighted by atomic mass is 10.2. The molecule has 2 aromatic heterocycles. The molecule has 0 radical (unpaired) electrons. The van der Waals surface area contributed by atoms with Gasteiger partial charge in [0.1, 0.15) is 15.4 Å². The molecule has 3 rings (SSSR count). The molecule has 0 aliphatic carbocycles. The topological polar surface area (TPSA) is 51.8 Å². The van der Waals surface area contributed by atoms with E-state index in [1.54, 1.807) is 18.3 Å². The molecule has 0 aliphatic heterocycles. The molecular formula is C12H7Cl2N3S. The zero-order valence-electron chi connectivity index (χ0n) is 9.02. The molecule has 3 nitrogen and oxygen atoms in total. The third-order valence-corrected chi connectivity index (χ3v) is 4.03. The Morgan fingerprint density at radius 1 is 1.22 bits per heavy atom. The summed E-state index contributed by atoms with van der Waals surface area (Å²) in [6, 6.07) is 7.14. The van der Waals surface area contributed by atoms with Gasteiger partial charge in [0.05, 0.1) is 10.7 Å². The molecule has 1 aromatic carbocycles. The van der Waals surface area contributed by atoms with E-state index in [-0.39, 0.29) is 0 Å². The van der Waals surface area contributed by atoms with Gasteiger partial charge in [0.25, 0.3) is 0 Å². The van der Waals surface area contributed by atoms with Crippen molar-refractivity contribution < 1.29 is 0 Å². The number of halogens is 2. The molecule has 2 N–H and O–H groups in total. The number of anilines is 1. The lowest BCUT2D eigenvalue weighted by Crippen LogP contribution is -1.91. The Hall–Kier alpha value is -1.36. The Balaban J connectivity index is 2.26. The number of fused-ring (bicyclic) bond motifs is 1. The number of aromatic nitrogens is 2. The van der Waals surface area contributed by atoms with Gasteiger partial charge in [0, 0.05) is 16.8 Å². The Morgan fingerprint density at radius 2 is 2.06 bits per heavy atom. The van der Waals surface area contributed by atoms with Gasteiger partial charge in [-0.2, -0.15) is 0 Å². The normalized spacial score (nSPS) is 11.0. The van der Waals surface area contributed by atoms with Gasteiger partial charge in [-0.3, -0.25) is 0 Å². The van der Waals surface area contributed by atoms with E-state index in [0.29, 0.717) is 15.7 Å². The average Bonchev–Trinajstić information content (AvgIpc) is 2.77. The van der Waals surface area contributed by atoms with Crippen molar-refractivity contribution in [3.8, 4) is 10.6 Å². The Labute approximate surface area is 117 Å². The summed E-state index contributed by atoms with van der Waals surface area (Å²) in [6.07, 6.45) is 1.73. The number of nitrogen functional groups attached to an aromatic ring is 1. The summed E-state index contributed by atoms with van der Waals surface area (Å²) in [5.74, 6) is 0. The minimum absolute atomic E-state index is 0.435. The second-order valence-corrected chi connectivity index (χ2v) is 5.52. The summed E-state index contributed by atoms with van der Waals surface area (Å²) in [7, 11) is 0. The van der Waals surface area contributed by atoms with Gasteiger partial charge in [-0.25, -0.2) is 9.97 Å². The molecular weight excluding hydrogens is 289 g/mol. The summed E-state index contributed by atoms with van der Waals surface area (Å²) >= 11 is 13.5. The van der Waals surface area contributed by atoms with Gasteiger partial charge in [-0.15, -0.1) is 0 Å². The predicted molar refractivity (Wildman–Crippen MR) is 77.3 cm³/mol. The number of hydrogen-bond donors (Lipinski definition) is 1. The molecule has 0 amide bonds. The number of nitrogens with zero attached hydrogens (tertiary/aromatic N) is 2. The molecule has 0 unspecified atom stereocenters. The van der Waals surface area contributed by atoms with Crippen molar-refractivity contribution in [3.63, 3.8) is 0 Å². The highest BCUT2D eigenvalue weighted by atomic mass is 35.5. The van der Waals surface area contributed by atoms with E-state index in [2.05, 4.69) is 9.97 Å². The van der Waals surface area contributed by atoms with E-state index in [1.807, 2.05) is 12.1 Å². The van der Waals surface area contributed by atoms with Crippen LogP contribution >= 0.6 is 34.5 Å². The average molecular weight is 296 g/mol. The summed E-state index contributed by atoms with van der Waals surface area (Å²) in [4.78, 5) is 9.60. The molecule has 0 atom stereocenters. The summed E-state index contributed by atoms with van der Waals surface area (Å²) in [5, 5.41) is 1.74. The van der Waals surface area contributed by atoms with Crippen molar-refractivity contribution in [2.24, 2.45) is 0 Å². The second-order valence-electron chi connectivity index (χ2n) is 3.70. The van der Waals surface area contributed by atoms with Crippen LogP contribution in [0.15, 0.2) is 30.5 Å². The zero-order valence-corrected chi connectivity index (χ0v) is 11.4. The van der Waals surface area contributed by atoms with Gasteiger partial charge >= 0.3 is 0 Å². The van der Waals surface area contributed by atoms with Crippen LogP contribution in [0.5, 0.6) is 0 Å². The summed E-state index contributed by atoms with van der Waals surface area (Å²) < 4.78 is 0. The van der Waals surface area contributed by atoms with Crippen LogP contribution in [0.2, 0.25) is 10.0 Å². The van der Waals surface area contributed by atoms with Crippen molar-refractivity contribution in [2.75, 3.05) is 5.73 Å². The van der Waals surface area contributed by atoms with E-state index in [9.17, 15) is 0 Å². The number of rotatable bonds is 1. The first kappa shape index (κ1) is 11.7. The van der Waals surface area contributed by atoms with Crippen LogP contribution in [0.25, 0.3) is 20.9 Å². The Bertz CT molecular complexity index is 706. The lowest BCUT2D eigenvalue weighted by molar-refractivity contribution is 1.41. The first-order valence-corrected chi connectivity index (χ1v) is 6.69. The number of benzene rings is 1. The van der Waals surface area contributed by atoms with Crippen molar-refractivity contribution in [3.05, 3.63) is 40.5 Å². The van der Waals surface area contributed by atoms with Crippen LogP contribution in [0, 0.1) is 0 Å². The number of nitrogens with two attached hydrogens (primary N) is 1. The quantitative estimate of drug-likeness (QED) is 0.683. The Kier molecular flexibility index (Phi) is 2.86. The highest BCUT2D eigenvalue weighted by Crippen LogP contribution is 2.37. The number of pyridine rings is 1. The fraction of sp³-hybridized carbons (Fsp3) is 0. The number of thiazole rings is 1. The van der Waals surface area contributed by atoms with Crippen LogP contribution in [0.3, 0.4) is 0 Å². The van der Waals surface area contributed by atoms with E-state index in [0.717, 1.165) is 20.9 Å². The predicted octanol–water partition coefficient (Wildman–Crippen LogP) is 4.25. The zero-order chi connectivity index (χ0) is 12.7. The smallest absolute Gasteiger partial charge is 0.143 e. The first-order chi connectivity index (χ1) is 8.65. The van der Waals surface area contributed by atoms with Gasteiger partial charge in [0.15, 0.2) is 0 Å². The highest BCUT2D eigenvalue weighted by molar-refractivity contribution is 7.21. The van der Waals surface area contributed by atoms with Gasteiger partial charge < -0.3 is 5.73 Å². The van der Waals surface area contributed by atoms with Crippen LogP contribution in [0.1, 0.15) is 0 Å². The van der Waals surface area contributed by atoms with E-state index in [1.165, 1.54) is 11.3 Å². The monoisotopic (exact) mass is 295 g/mol. The SMILES string of the molecule is Nc1c(Cl)cc(Cl)cc1-c1nc2cccnc2s1. The first-order valence-electron chi connectivity index (χ1n) is 5.11. The second kappa shape index (κ2) is 4.39. The lowest BCUT2D eigenvalue weighted by Gasteiger charge is -2.04. The molecule has 0 spiro atoms. The minimum Gasteiger partial charge on any atom is -0.397 e. The van der Waals surface area contributed by atoms with Gasteiger partial charge in [-0.05, 0) is 24.3 Å². The molecule has 18 heavy (non-hydrogen) atoms. The van der Waals surface area contributed by atoms with Crippen LogP contribution < -0.4 is 5.73 Å². The molecule has 0 saturated carbocycles. The molecule has 90 valence electrons. The Morgan fingerprint density at radius 3 is 2.83 bits per heavy atom. The third kappa shape index (κ3) is 1.92. The molecule has 0 aliphatic rings. The molecule has 0 bridgehead atoms. The van der Waals surface area contributed by atoms with Crippen molar-refractivity contribution >= 4 is 50.6 Å². The van der Waals surface area contributed by atoms with Crippen molar-refractivity contribution in [1.82, 2.24) is 9.97 Å². The van der Waals surface area contributed by atoms with Gasteiger partial charge in [-0.1, -0.05) is 34.5 Å². The minimum atomic E-state index is 0.435. The maximum absolute atomic E-state index is 6.02. The van der Waals surface area contributed by atoms with Crippen LogP contribution in [-0.2, 0) is 0 Å². The maximum atomic E-state index is 6.02. The van der Waals surface area contributed by atoms with Crippen molar-refractivity contribution in [2.45, 2.75) is 0 Å². The molecule has 6 heteroatoms. The van der Waals surface area contributed by atoms with Crippen LogP contribution in [0.4, 0.5) is 5.69 Å². The highest BCUT2D eigenvalue weighted by Gasteiger charge is 2.13. The number of hydrogen-bond acceptors (Lipinski definition) is 4. The fourth-order valence-corrected chi connectivity index (χ4v) is 3.08. The van der Waals surface area contributed by atoms with E-state index >= 15 is 0 Å². The van der Waals surface area contributed by atoms with E-state index < -0.39 is 0 Å². The molecule has 0 saturated heterocycles. The molecule has 2 heterocycles. The van der Waals surface area contributed by atoms with Crippen molar-refractivity contribution in [1.29, 1.82) is 0 Å². The van der Waals surface area contributed by atoms with Gasteiger partial charge in [0.2, 0.25) is 0 Å².